The van der Waals surface area contributed by atoms with Crippen LogP contribution in [0.15, 0.2) is 12.1 Å². The van der Waals surface area contributed by atoms with Gasteiger partial charge in [0, 0.05) is 12.6 Å². The summed E-state index contributed by atoms with van der Waals surface area (Å²) in [5, 5.41) is 2.71. The molecule has 0 heterocycles. The molecule has 1 unspecified atom stereocenters. The fourth-order valence-corrected chi connectivity index (χ4v) is 1.24. The highest BCUT2D eigenvalue weighted by atomic mass is 19.2. The number of nitrogens with one attached hydrogen (secondary N) is 1. The highest BCUT2D eigenvalue weighted by molar-refractivity contribution is 5.46. The molecule has 0 fully saturated rings. The molecule has 0 bridgehead atoms. The lowest BCUT2D eigenvalue weighted by Gasteiger charge is -2.15. The second kappa shape index (κ2) is 5.75. The second-order valence-electron chi connectivity index (χ2n) is 3.43. The van der Waals surface area contributed by atoms with Crippen LogP contribution in [0.2, 0.25) is 0 Å². The lowest BCUT2D eigenvalue weighted by molar-refractivity contribution is 0.141. The monoisotopic (exact) mass is 233 g/mol. The van der Waals surface area contributed by atoms with Gasteiger partial charge in [0.05, 0.1) is 12.3 Å². The summed E-state index contributed by atoms with van der Waals surface area (Å²) in [6.07, 6.45) is 0. The molecule has 1 rings (SSSR count). The number of ether oxygens (including phenoxy) is 1. The van der Waals surface area contributed by atoms with Gasteiger partial charge in [-0.15, -0.1) is 0 Å². The van der Waals surface area contributed by atoms with E-state index in [1.165, 1.54) is 0 Å². The van der Waals surface area contributed by atoms with E-state index in [1.54, 1.807) is 6.92 Å². The Morgan fingerprint density at radius 3 is 2.56 bits per heavy atom. The Kier molecular flexibility index (Phi) is 4.61. The molecule has 90 valence electrons. The van der Waals surface area contributed by atoms with Crippen molar-refractivity contribution in [1.29, 1.82) is 0 Å². The van der Waals surface area contributed by atoms with E-state index in [0.717, 1.165) is 12.1 Å². The Morgan fingerprint density at radius 2 is 1.94 bits per heavy atom. The minimum absolute atomic E-state index is 0.0638. The minimum atomic E-state index is -1.46. The van der Waals surface area contributed by atoms with E-state index in [0.29, 0.717) is 13.2 Å². The topological polar surface area (TPSA) is 21.3 Å². The van der Waals surface area contributed by atoms with Crippen molar-refractivity contribution in [2.45, 2.75) is 19.9 Å². The van der Waals surface area contributed by atoms with Crippen molar-refractivity contribution in [2.75, 3.05) is 18.5 Å². The fraction of sp³-hybridized carbons (Fsp3) is 0.455. The molecule has 0 saturated carbocycles. The van der Waals surface area contributed by atoms with E-state index in [4.69, 9.17) is 4.74 Å². The molecular weight excluding hydrogens is 219 g/mol. The summed E-state index contributed by atoms with van der Waals surface area (Å²) in [6, 6.07) is 1.86. The van der Waals surface area contributed by atoms with Crippen LogP contribution in [0.25, 0.3) is 0 Å². The number of rotatable bonds is 5. The lowest BCUT2D eigenvalue weighted by atomic mass is 10.2. The molecule has 0 aliphatic heterocycles. The van der Waals surface area contributed by atoms with Gasteiger partial charge in [-0.2, -0.15) is 0 Å². The molecular formula is C11H14F3NO. The van der Waals surface area contributed by atoms with Crippen molar-refractivity contribution in [3.05, 3.63) is 29.6 Å². The predicted octanol–water partition coefficient (Wildman–Crippen LogP) is 2.94. The van der Waals surface area contributed by atoms with Gasteiger partial charge in [-0.25, -0.2) is 13.2 Å². The molecule has 0 spiro atoms. The zero-order valence-corrected chi connectivity index (χ0v) is 9.19. The smallest absolute Gasteiger partial charge is 0.196 e. The van der Waals surface area contributed by atoms with E-state index >= 15 is 0 Å². The summed E-state index contributed by atoms with van der Waals surface area (Å²) in [5.74, 6) is -3.86. The third kappa shape index (κ3) is 3.13. The average molecular weight is 233 g/mol. The van der Waals surface area contributed by atoms with Gasteiger partial charge >= 0.3 is 0 Å². The van der Waals surface area contributed by atoms with Gasteiger partial charge in [0.15, 0.2) is 17.5 Å². The summed E-state index contributed by atoms with van der Waals surface area (Å²) in [6.45, 7) is 4.52. The molecule has 1 aromatic carbocycles. The molecule has 0 saturated heterocycles. The van der Waals surface area contributed by atoms with Crippen molar-refractivity contribution in [2.24, 2.45) is 0 Å². The van der Waals surface area contributed by atoms with Crippen LogP contribution in [0, 0.1) is 17.5 Å². The largest absolute Gasteiger partial charge is 0.380 e. The van der Waals surface area contributed by atoms with E-state index in [-0.39, 0.29) is 11.7 Å². The highest BCUT2D eigenvalue weighted by Crippen LogP contribution is 2.20. The summed E-state index contributed by atoms with van der Waals surface area (Å²) < 4.78 is 43.8. The van der Waals surface area contributed by atoms with Crippen LogP contribution in [0.4, 0.5) is 18.9 Å². The molecule has 2 nitrogen and oxygen atoms in total. The van der Waals surface area contributed by atoms with Crippen LogP contribution < -0.4 is 5.32 Å². The number of benzene rings is 1. The zero-order valence-electron chi connectivity index (χ0n) is 9.19. The molecule has 5 heteroatoms. The lowest BCUT2D eigenvalue weighted by Crippen LogP contribution is -2.22. The molecule has 1 aromatic rings. The van der Waals surface area contributed by atoms with Crippen LogP contribution in [0.3, 0.4) is 0 Å². The maximum atomic E-state index is 13.2. The first-order valence-corrected chi connectivity index (χ1v) is 5.04. The number of halogens is 3. The Hall–Kier alpha value is -1.23. The van der Waals surface area contributed by atoms with Gasteiger partial charge in [-0.3, -0.25) is 0 Å². The summed E-state index contributed by atoms with van der Waals surface area (Å²) in [5.41, 5.74) is -0.0638. The summed E-state index contributed by atoms with van der Waals surface area (Å²) in [7, 11) is 0. The molecule has 0 aliphatic rings. The standard InChI is InChI=1S/C11H14F3NO/c1-3-16-6-7(2)15-9-5-4-8(12)10(13)11(9)14/h4-5,7,15H,3,6H2,1-2H3. The molecule has 0 radical (unpaired) electrons. The fourth-order valence-electron chi connectivity index (χ4n) is 1.24. The summed E-state index contributed by atoms with van der Waals surface area (Å²) >= 11 is 0. The van der Waals surface area contributed by atoms with Gasteiger partial charge < -0.3 is 10.1 Å². The average Bonchev–Trinajstić information content (AvgIpc) is 2.27. The van der Waals surface area contributed by atoms with Gasteiger partial charge in [0.25, 0.3) is 0 Å². The van der Waals surface area contributed by atoms with Crippen molar-refractivity contribution in [3.8, 4) is 0 Å². The third-order valence-electron chi connectivity index (χ3n) is 2.01. The van der Waals surface area contributed by atoms with E-state index in [2.05, 4.69) is 5.32 Å². The molecule has 1 N–H and O–H groups in total. The van der Waals surface area contributed by atoms with Crippen molar-refractivity contribution >= 4 is 5.69 Å². The highest BCUT2D eigenvalue weighted by Gasteiger charge is 2.14. The number of hydrogen-bond acceptors (Lipinski definition) is 2. The Morgan fingerprint density at radius 1 is 1.25 bits per heavy atom. The SMILES string of the molecule is CCOCC(C)Nc1ccc(F)c(F)c1F. The molecule has 1 atom stereocenters. The van der Waals surface area contributed by atoms with Crippen LogP contribution in [-0.2, 0) is 4.74 Å². The maximum absolute atomic E-state index is 13.2. The third-order valence-corrected chi connectivity index (χ3v) is 2.01. The summed E-state index contributed by atoms with van der Waals surface area (Å²) in [4.78, 5) is 0. The van der Waals surface area contributed by atoms with Crippen LogP contribution in [0.1, 0.15) is 13.8 Å². The van der Waals surface area contributed by atoms with Crippen molar-refractivity contribution in [3.63, 3.8) is 0 Å². The van der Waals surface area contributed by atoms with E-state index in [1.807, 2.05) is 6.92 Å². The van der Waals surface area contributed by atoms with E-state index in [9.17, 15) is 13.2 Å². The quantitative estimate of drug-likeness (QED) is 0.789. The predicted molar refractivity (Wildman–Crippen MR) is 55.9 cm³/mol. The zero-order chi connectivity index (χ0) is 12.1. The van der Waals surface area contributed by atoms with Crippen LogP contribution >= 0.6 is 0 Å². The number of anilines is 1. The van der Waals surface area contributed by atoms with Crippen LogP contribution in [-0.4, -0.2) is 19.3 Å². The van der Waals surface area contributed by atoms with Crippen molar-refractivity contribution < 1.29 is 17.9 Å². The molecule has 16 heavy (non-hydrogen) atoms. The maximum Gasteiger partial charge on any atom is 0.196 e. The van der Waals surface area contributed by atoms with Crippen molar-refractivity contribution in [1.82, 2.24) is 0 Å². The second-order valence-corrected chi connectivity index (χ2v) is 3.43. The van der Waals surface area contributed by atoms with E-state index < -0.39 is 17.5 Å². The Balaban J connectivity index is 2.70. The first-order valence-electron chi connectivity index (χ1n) is 5.04. The van der Waals surface area contributed by atoms with Gasteiger partial charge in [0.2, 0.25) is 0 Å². The van der Waals surface area contributed by atoms with Gasteiger partial charge in [0.1, 0.15) is 0 Å². The first-order chi connectivity index (χ1) is 7.56. The van der Waals surface area contributed by atoms with Crippen LogP contribution in [0.5, 0.6) is 0 Å². The van der Waals surface area contributed by atoms with Gasteiger partial charge in [-0.05, 0) is 26.0 Å². The Labute approximate surface area is 92.4 Å². The molecule has 0 aromatic heterocycles. The minimum Gasteiger partial charge on any atom is -0.380 e. The molecule has 0 aliphatic carbocycles. The normalized spacial score (nSPS) is 12.6. The van der Waals surface area contributed by atoms with Gasteiger partial charge in [-0.1, -0.05) is 0 Å². The first kappa shape index (κ1) is 12.8. The number of hydrogen-bond donors (Lipinski definition) is 1. The molecule has 0 amide bonds. The Bertz CT molecular complexity index is 357.